The highest BCUT2D eigenvalue weighted by atomic mass is 16.6. The molecule has 1 aromatic carbocycles. The van der Waals surface area contributed by atoms with E-state index in [4.69, 9.17) is 4.74 Å². The van der Waals surface area contributed by atoms with Gasteiger partial charge in [0.1, 0.15) is 6.61 Å². The molecule has 2 aliphatic rings. The molecule has 3 rings (SSSR count). The van der Waals surface area contributed by atoms with Crippen molar-refractivity contribution in [3.63, 3.8) is 0 Å². The number of amides is 3. The maximum atomic E-state index is 12.4. The molecule has 1 aromatic rings. The van der Waals surface area contributed by atoms with Gasteiger partial charge >= 0.3 is 12.1 Å². The van der Waals surface area contributed by atoms with E-state index >= 15 is 0 Å². The Morgan fingerprint density at radius 1 is 1.14 bits per heavy atom. The summed E-state index contributed by atoms with van der Waals surface area (Å²) in [7, 11) is 0. The van der Waals surface area contributed by atoms with E-state index in [2.05, 4.69) is 36.3 Å². The first-order valence-corrected chi connectivity index (χ1v) is 10.1. The van der Waals surface area contributed by atoms with Gasteiger partial charge in [-0.3, -0.25) is 9.80 Å². The molecule has 1 atom stereocenters. The molecule has 7 heteroatoms. The Bertz CT molecular complexity index is 691. The van der Waals surface area contributed by atoms with Crippen molar-refractivity contribution in [2.45, 2.75) is 58.2 Å². The number of urea groups is 1. The second kappa shape index (κ2) is 8.39. The van der Waals surface area contributed by atoms with Crippen LogP contribution in [0.15, 0.2) is 24.3 Å². The Balaban J connectivity index is 1.47. The van der Waals surface area contributed by atoms with Crippen LogP contribution in [-0.4, -0.2) is 54.8 Å². The monoisotopic (exact) mass is 388 g/mol. The molecule has 2 heterocycles. The molecule has 7 nitrogen and oxygen atoms in total. The van der Waals surface area contributed by atoms with Crippen LogP contribution >= 0.6 is 0 Å². The third-order valence-electron chi connectivity index (χ3n) is 5.59. The van der Waals surface area contributed by atoms with E-state index < -0.39 is 0 Å². The van der Waals surface area contributed by atoms with Crippen molar-refractivity contribution in [2.24, 2.45) is 0 Å². The minimum absolute atomic E-state index is 0.116. The number of likely N-dealkylation sites (tertiary alicyclic amines) is 1. The lowest BCUT2D eigenvalue weighted by atomic mass is 9.98. The summed E-state index contributed by atoms with van der Waals surface area (Å²) in [5.74, 6) is 0. The van der Waals surface area contributed by atoms with Crippen LogP contribution in [0, 0.1) is 0 Å². The van der Waals surface area contributed by atoms with Crippen LogP contribution in [0.4, 0.5) is 15.3 Å². The highest BCUT2D eigenvalue weighted by Crippen LogP contribution is 2.22. The number of rotatable bonds is 4. The molecule has 2 aliphatic heterocycles. The zero-order chi connectivity index (χ0) is 20.3. The lowest BCUT2D eigenvalue weighted by Gasteiger charge is -2.41. The number of nitrogens with one attached hydrogen (secondary N) is 2. The Hall–Kier alpha value is -2.28. The van der Waals surface area contributed by atoms with Crippen molar-refractivity contribution in [1.82, 2.24) is 15.5 Å². The van der Waals surface area contributed by atoms with Crippen molar-refractivity contribution >= 4 is 17.8 Å². The molecule has 2 N–H and O–H groups in total. The number of hydrogen-bond donors (Lipinski definition) is 2. The number of carbonyl (C=O) groups is 2. The molecule has 0 radical (unpaired) electrons. The molecule has 28 heavy (non-hydrogen) atoms. The summed E-state index contributed by atoms with van der Waals surface area (Å²) in [6, 6.07) is 7.62. The van der Waals surface area contributed by atoms with Crippen LogP contribution in [0.25, 0.3) is 0 Å². The predicted molar refractivity (Wildman–Crippen MR) is 110 cm³/mol. The zero-order valence-electron chi connectivity index (χ0n) is 17.3. The quantitative estimate of drug-likeness (QED) is 0.830. The Morgan fingerprint density at radius 3 is 2.32 bits per heavy atom. The van der Waals surface area contributed by atoms with Gasteiger partial charge in [0.25, 0.3) is 0 Å². The normalized spacial score (nSPS) is 20.0. The van der Waals surface area contributed by atoms with Crippen molar-refractivity contribution in [1.29, 1.82) is 0 Å². The molecule has 0 saturated carbocycles. The lowest BCUT2D eigenvalue weighted by molar-refractivity contribution is 0.0977. The van der Waals surface area contributed by atoms with Gasteiger partial charge in [-0.15, -0.1) is 0 Å². The lowest BCUT2D eigenvalue weighted by Crippen LogP contribution is -2.52. The summed E-state index contributed by atoms with van der Waals surface area (Å²) >= 11 is 0. The molecule has 2 fully saturated rings. The fourth-order valence-corrected chi connectivity index (χ4v) is 3.77. The predicted octanol–water partition coefficient (Wildman–Crippen LogP) is 3.27. The van der Waals surface area contributed by atoms with Crippen LogP contribution in [0.1, 0.15) is 52.1 Å². The van der Waals surface area contributed by atoms with Gasteiger partial charge < -0.3 is 15.4 Å². The van der Waals surface area contributed by atoms with Gasteiger partial charge in [0, 0.05) is 30.4 Å². The first kappa shape index (κ1) is 20.5. The topological polar surface area (TPSA) is 73.9 Å². The van der Waals surface area contributed by atoms with Gasteiger partial charge in [0.2, 0.25) is 0 Å². The molecule has 0 spiro atoms. The first-order valence-electron chi connectivity index (χ1n) is 10.1. The number of ether oxygens (including phenoxy) is 1. The summed E-state index contributed by atoms with van der Waals surface area (Å²) in [6.07, 6.45) is 1.63. The van der Waals surface area contributed by atoms with Crippen molar-refractivity contribution in [3.05, 3.63) is 29.8 Å². The van der Waals surface area contributed by atoms with Gasteiger partial charge in [0.15, 0.2) is 0 Å². The molecule has 0 aromatic heterocycles. The van der Waals surface area contributed by atoms with E-state index in [0.29, 0.717) is 13.2 Å². The minimum Gasteiger partial charge on any atom is -0.447 e. The van der Waals surface area contributed by atoms with Gasteiger partial charge in [0.05, 0.1) is 12.6 Å². The van der Waals surface area contributed by atoms with Crippen molar-refractivity contribution in [3.8, 4) is 0 Å². The fourth-order valence-electron chi connectivity index (χ4n) is 3.77. The number of piperidine rings is 1. The van der Waals surface area contributed by atoms with Gasteiger partial charge in [-0.05, 0) is 58.2 Å². The molecule has 2 saturated heterocycles. The summed E-state index contributed by atoms with van der Waals surface area (Å²) in [5.41, 5.74) is 1.99. The average Bonchev–Trinajstić information content (AvgIpc) is 3.07. The summed E-state index contributed by atoms with van der Waals surface area (Å²) in [6.45, 7) is 11.7. The summed E-state index contributed by atoms with van der Waals surface area (Å²) in [5, 5.41) is 6.12. The highest BCUT2D eigenvalue weighted by Gasteiger charge is 2.28. The zero-order valence-corrected chi connectivity index (χ0v) is 17.3. The number of hydrogen-bond acceptors (Lipinski definition) is 4. The van der Waals surface area contributed by atoms with Gasteiger partial charge in [-0.1, -0.05) is 12.1 Å². The van der Waals surface area contributed by atoms with Gasteiger partial charge in [-0.2, -0.15) is 0 Å². The third-order valence-corrected chi connectivity index (χ3v) is 5.59. The molecule has 0 bridgehead atoms. The molecule has 3 amide bonds. The number of carbonyl (C=O) groups excluding carboxylic acids is 2. The largest absolute Gasteiger partial charge is 0.447 e. The highest BCUT2D eigenvalue weighted by molar-refractivity contribution is 5.89. The average molecular weight is 389 g/mol. The summed E-state index contributed by atoms with van der Waals surface area (Å²) < 4.78 is 4.97. The Labute approximate surface area is 167 Å². The standard InChI is InChI=1S/C21H32N4O3/c1-15(16-5-7-18(8-6-16)25-13-14-28-20(25)27)22-19(26)23-17-9-11-24(12-10-17)21(2,3)4/h5-8,15,17H,9-14H2,1-4H3,(H2,22,23,26)/t15-/m0/s1. The van der Waals surface area contributed by atoms with Crippen LogP contribution < -0.4 is 15.5 Å². The third kappa shape index (κ3) is 4.95. The molecular formula is C21H32N4O3. The molecule has 0 aliphatic carbocycles. The fraction of sp³-hybridized carbons (Fsp3) is 0.619. The number of anilines is 1. The van der Waals surface area contributed by atoms with Crippen LogP contribution in [0.2, 0.25) is 0 Å². The Morgan fingerprint density at radius 2 is 1.79 bits per heavy atom. The van der Waals surface area contributed by atoms with Gasteiger partial charge in [-0.25, -0.2) is 9.59 Å². The van der Waals surface area contributed by atoms with E-state index in [1.807, 2.05) is 31.2 Å². The molecule has 154 valence electrons. The number of nitrogens with zero attached hydrogens (tertiary/aromatic N) is 2. The minimum atomic E-state index is -0.309. The second-order valence-corrected chi connectivity index (χ2v) is 8.63. The van der Waals surface area contributed by atoms with E-state index in [1.165, 1.54) is 0 Å². The van der Waals surface area contributed by atoms with Crippen LogP contribution in [0.3, 0.4) is 0 Å². The van der Waals surface area contributed by atoms with Crippen molar-refractivity contribution < 1.29 is 14.3 Å². The smallest absolute Gasteiger partial charge is 0.414 e. The number of cyclic esters (lactones) is 1. The van der Waals surface area contributed by atoms with Crippen LogP contribution in [0.5, 0.6) is 0 Å². The van der Waals surface area contributed by atoms with Crippen LogP contribution in [-0.2, 0) is 4.74 Å². The number of benzene rings is 1. The van der Waals surface area contributed by atoms with E-state index in [-0.39, 0.29) is 29.7 Å². The van der Waals surface area contributed by atoms with E-state index in [1.54, 1.807) is 4.90 Å². The summed E-state index contributed by atoms with van der Waals surface area (Å²) in [4.78, 5) is 28.1. The Kier molecular flexibility index (Phi) is 6.13. The molecule has 0 unspecified atom stereocenters. The maximum absolute atomic E-state index is 12.4. The molecular weight excluding hydrogens is 356 g/mol. The SMILES string of the molecule is C[C@H](NC(=O)NC1CCN(C(C)(C)C)CC1)c1ccc(N2CCOC2=O)cc1. The maximum Gasteiger partial charge on any atom is 0.414 e. The second-order valence-electron chi connectivity index (χ2n) is 8.63. The first-order chi connectivity index (χ1) is 13.2. The van der Waals surface area contributed by atoms with E-state index in [0.717, 1.165) is 37.2 Å². The van der Waals surface area contributed by atoms with E-state index in [9.17, 15) is 9.59 Å². The van der Waals surface area contributed by atoms with Crippen molar-refractivity contribution in [2.75, 3.05) is 31.1 Å².